The number of halogens is 1. The SMILES string of the molecule is C[C@@H]1C(=O)N(C[C@@H](O)COCc2ccc3c(c2)OCO3)C(=O)N1c1ccc(F)cc1. The minimum absolute atomic E-state index is 0.0591. The standard InChI is InChI=1S/C21H21FN2O6/c1-13-20(26)23(21(27)24(13)16-5-3-15(22)4-6-16)9-17(25)11-28-10-14-2-7-18-19(8-14)30-12-29-18/h2-8,13,17,25H,9-12H2,1H3/t13-,17-/m1/s1. The number of carbonyl (C=O) groups excluding carboxylic acids is 2. The lowest BCUT2D eigenvalue weighted by Crippen LogP contribution is -2.40. The van der Waals surface area contributed by atoms with Crippen molar-refractivity contribution in [3.63, 3.8) is 0 Å². The number of benzene rings is 2. The van der Waals surface area contributed by atoms with Crippen LogP contribution in [0.3, 0.4) is 0 Å². The van der Waals surface area contributed by atoms with E-state index in [2.05, 4.69) is 0 Å². The Balaban J connectivity index is 1.32. The lowest BCUT2D eigenvalue weighted by atomic mass is 10.2. The Morgan fingerprint density at radius 2 is 1.90 bits per heavy atom. The molecule has 0 spiro atoms. The number of carbonyl (C=O) groups is 2. The second-order valence-electron chi connectivity index (χ2n) is 7.11. The van der Waals surface area contributed by atoms with Gasteiger partial charge in [0.05, 0.1) is 25.9 Å². The number of hydrogen-bond donors (Lipinski definition) is 1. The van der Waals surface area contributed by atoms with E-state index in [0.29, 0.717) is 17.2 Å². The minimum Gasteiger partial charge on any atom is -0.454 e. The second kappa shape index (κ2) is 8.29. The largest absolute Gasteiger partial charge is 0.454 e. The number of rotatable bonds is 7. The summed E-state index contributed by atoms with van der Waals surface area (Å²) in [5.74, 6) is 0.444. The first kappa shape index (κ1) is 20.1. The van der Waals surface area contributed by atoms with Crippen molar-refractivity contribution >= 4 is 17.6 Å². The minimum atomic E-state index is -1.05. The molecule has 2 atom stereocenters. The molecule has 1 fully saturated rings. The first-order valence-electron chi connectivity index (χ1n) is 9.48. The van der Waals surface area contributed by atoms with Crippen LogP contribution in [0.4, 0.5) is 14.9 Å². The van der Waals surface area contributed by atoms with E-state index >= 15 is 0 Å². The van der Waals surface area contributed by atoms with Crippen molar-refractivity contribution < 1.29 is 33.3 Å². The Morgan fingerprint density at radius 3 is 2.67 bits per heavy atom. The highest BCUT2D eigenvalue weighted by Crippen LogP contribution is 2.32. The number of imide groups is 1. The molecule has 2 heterocycles. The predicted octanol–water partition coefficient (Wildman–Crippen LogP) is 2.29. The molecule has 3 amide bonds. The molecule has 1 saturated heterocycles. The molecular weight excluding hydrogens is 395 g/mol. The van der Waals surface area contributed by atoms with E-state index in [1.807, 2.05) is 6.07 Å². The maximum absolute atomic E-state index is 13.2. The van der Waals surface area contributed by atoms with E-state index in [4.69, 9.17) is 14.2 Å². The van der Waals surface area contributed by atoms with Crippen LogP contribution in [-0.4, -0.2) is 54.0 Å². The van der Waals surface area contributed by atoms with Gasteiger partial charge in [0.25, 0.3) is 5.91 Å². The molecule has 158 valence electrons. The summed E-state index contributed by atoms with van der Waals surface area (Å²) in [4.78, 5) is 27.5. The highest BCUT2D eigenvalue weighted by Gasteiger charge is 2.43. The zero-order chi connectivity index (χ0) is 21.3. The van der Waals surface area contributed by atoms with Crippen LogP contribution in [0.25, 0.3) is 0 Å². The van der Waals surface area contributed by atoms with E-state index in [9.17, 15) is 19.1 Å². The topological polar surface area (TPSA) is 88.5 Å². The Kier molecular flexibility index (Phi) is 5.56. The highest BCUT2D eigenvalue weighted by molar-refractivity contribution is 6.14. The van der Waals surface area contributed by atoms with Crippen molar-refractivity contribution in [2.24, 2.45) is 0 Å². The molecule has 0 saturated carbocycles. The van der Waals surface area contributed by atoms with E-state index in [-0.39, 0.29) is 26.6 Å². The summed E-state index contributed by atoms with van der Waals surface area (Å²) >= 11 is 0. The average molecular weight is 416 g/mol. The number of anilines is 1. The van der Waals surface area contributed by atoms with Crippen LogP contribution in [0.1, 0.15) is 12.5 Å². The number of fused-ring (bicyclic) bond motifs is 1. The molecule has 30 heavy (non-hydrogen) atoms. The van der Waals surface area contributed by atoms with Gasteiger partial charge in [-0.2, -0.15) is 0 Å². The Morgan fingerprint density at radius 1 is 1.17 bits per heavy atom. The fraction of sp³-hybridized carbons (Fsp3) is 0.333. The second-order valence-corrected chi connectivity index (χ2v) is 7.11. The number of amides is 3. The van der Waals surface area contributed by atoms with Gasteiger partial charge in [-0.3, -0.25) is 14.6 Å². The summed E-state index contributed by atoms with van der Waals surface area (Å²) in [6.07, 6.45) is -1.05. The Bertz CT molecular complexity index is 951. The van der Waals surface area contributed by atoms with Gasteiger partial charge >= 0.3 is 6.03 Å². The average Bonchev–Trinajstić information content (AvgIpc) is 3.27. The molecule has 9 heteroatoms. The van der Waals surface area contributed by atoms with Gasteiger partial charge in [-0.25, -0.2) is 9.18 Å². The molecule has 0 unspecified atom stereocenters. The van der Waals surface area contributed by atoms with Crippen molar-refractivity contribution in [3.05, 3.63) is 53.8 Å². The summed E-state index contributed by atoms with van der Waals surface area (Å²) in [6.45, 7) is 1.75. The molecule has 0 aromatic heterocycles. The van der Waals surface area contributed by atoms with Gasteiger partial charge in [-0.15, -0.1) is 0 Å². The van der Waals surface area contributed by atoms with Crippen LogP contribution in [0.5, 0.6) is 11.5 Å². The molecule has 0 aliphatic carbocycles. The van der Waals surface area contributed by atoms with E-state index in [1.165, 1.54) is 29.2 Å². The molecule has 2 aromatic carbocycles. The third-order valence-electron chi connectivity index (χ3n) is 4.96. The number of ether oxygens (including phenoxy) is 3. The summed E-state index contributed by atoms with van der Waals surface area (Å²) < 4.78 is 29.2. The first-order chi connectivity index (χ1) is 14.4. The maximum Gasteiger partial charge on any atom is 0.332 e. The van der Waals surface area contributed by atoms with Crippen molar-refractivity contribution in [1.29, 1.82) is 0 Å². The molecule has 2 aromatic rings. The van der Waals surface area contributed by atoms with Crippen molar-refractivity contribution in [3.8, 4) is 11.5 Å². The van der Waals surface area contributed by atoms with Crippen molar-refractivity contribution in [1.82, 2.24) is 4.90 Å². The third kappa shape index (κ3) is 3.94. The van der Waals surface area contributed by atoms with Gasteiger partial charge in [-0.1, -0.05) is 6.07 Å². The van der Waals surface area contributed by atoms with E-state index in [0.717, 1.165) is 10.5 Å². The highest BCUT2D eigenvalue weighted by atomic mass is 19.1. The van der Waals surface area contributed by atoms with E-state index < -0.39 is 29.9 Å². The van der Waals surface area contributed by atoms with Crippen LogP contribution in [0.2, 0.25) is 0 Å². The van der Waals surface area contributed by atoms with Crippen molar-refractivity contribution in [2.45, 2.75) is 25.7 Å². The van der Waals surface area contributed by atoms with Gasteiger partial charge in [-0.05, 0) is 48.9 Å². The fourth-order valence-corrected chi connectivity index (χ4v) is 3.44. The zero-order valence-corrected chi connectivity index (χ0v) is 16.3. The van der Waals surface area contributed by atoms with Crippen LogP contribution in [-0.2, 0) is 16.1 Å². The van der Waals surface area contributed by atoms with E-state index in [1.54, 1.807) is 19.1 Å². The van der Waals surface area contributed by atoms with Crippen molar-refractivity contribution in [2.75, 3.05) is 24.8 Å². The molecule has 0 bridgehead atoms. The first-order valence-corrected chi connectivity index (χ1v) is 9.48. The summed E-state index contributed by atoms with van der Waals surface area (Å²) in [5.41, 5.74) is 1.26. The predicted molar refractivity (Wildman–Crippen MR) is 104 cm³/mol. The molecule has 8 nitrogen and oxygen atoms in total. The monoisotopic (exact) mass is 416 g/mol. The lowest BCUT2D eigenvalue weighted by molar-refractivity contribution is -0.128. The fourth-order valence-electron chi connectivity index (χ4n) is 3.44. The lowest BCUT2D eigenvalue weighted by Gasteiger charge is -2.20. The van der Waals surface area contributed by atoms with Crippen LogP contribution in [0.15, 0.2) is 42.5 Å². The quantitative estimate of drug-likeness (QED) is 0.697. The number of nitrogens with zero attached hydrogens (tertiary/aromatic N) is 2. The molecule has 1 N–H and O–H groups in total. The molecule has 0 radical (unpaired) electrons. The number of urea groups is 1. The van der Waals surface area contributed by atoms with Gasteiger partial charge in [0, 0.05) is 5.69 Å². The molecular formula is C21H21FN2O6. The summed E-state index contributed by atoms with van der Waals surface area (Å²) in [6, 6.07) is 9.42. The van der Waals surface area contributed by atoms with Crippen LogP contribution in [0, 0.1) is 5.82 Å². The third-order valence-corrected chi connectivity index (χ3v) is 4.96. The summed E-state index contributed by atoms with van der Waals surface area (Å²) in [7, 11) is 0. The summed E-state index contributed by atoms with van der Waals surface area (Å²) in [5, 5.41) is 10.3. The molecule has 2 aliphatic rings. The number of hydrogen-bond acceptors (Lipinski definition) is 6. The smallest absolute Gasteiger partial charge is 0.332 e. The molecule has 2 aliphatic heterocycles. The zero-order valence-electron chi connectivity index (χ0n) is 16.3. The number of aliphatic hydroxyl groups excluding tert-OH is 1. The van der Waals surface area contributed by atoms with Gasteiger partial charge in [0.2, 0.25) is 6.79 Å². The Labute approximate surface area is 172 Å². The maximum atomic E-state index is 13.2. The number of aliphatic hydroxyl groups is 1. The normalized spacial score (nSPS) is 19.0. The Hall–Kier alpha value is -3.17. The van der Waals surface area contributed by atoms with Gasteiger partial charge in [0.15, 0.2) is 11.5 Å². The number of β-amino-alcohol motifs (C(OH)–C–C–N with tert-alkyl or cyclic N) is 1. The van der Waals surface area contributed by atoms with Crippen LogP contribution >= 0.6 is 0 Å². The van der Waals surface area contributed by atoms with Crippen LogP contribution < -0.4 is 14.4 Å². The van der Waals surface area contributed by atoms with Gasteiger partial charge < -0.3 is 19.3 Å². The molecule has 4 rings (SSSR count). The van der Waals surface area contributed by atoms with Gasteiger partial charge in [0.1, 0.15) is 11.9 Å².